The molecule has 3 aromatic rings. The minimum atomic E-state index is 0.141. The summed E-state index contributed by atoms with van der Waals surface area (Å²) in [6, 6.07) is 12.1. The molecule has 1 aromatic carbocycles. The van der Waals surface area contributed by atoms with E-state index in [0.29, 0.717) is 0 Å². The van der Waals surface area contributed by atoms with Gasteiger partial charge in [0.1, 0.15) is 5.65 Å². The number of hydrogen-bond acceptors (Lipinski definition) is 2. The molecular formula is C18H17N3O. The lowest BCUT2D eigenvalue weighted by atomic mass is 9.85. The van der Waals surface area contributed by atoms with Crippen molar-refractivity contribution in [2.45, 2.75) is 19.3 Å². The summed E-state index contributed by atoms with van der Waals surface area (Å²) in [5, 5.41) is 4.11. The molecule has 1 aliphatic rings. The molecule has 1 saturated carbocycles. The number of nitrogens with one attached hydrogen (secondary N) is 2. The first-order valence-corrected chi connectivity index (χ1v) is 7.64. The highest BCUT2D eigenvalue weighted by atomic mass is 16.1. The third-order valence-corrected chi connectivity index (χ3v) is 4.34. The first-order valence-electron chi connectivity index (χ1n) is 7.64. The molecular weight excluding hydrogens is 274 g/mol. The summed E-state index contributed by atoms with van der Waals surface area (Å²) in [5.74, 6) is 0.337. The summed E-state index contributed by atoms with van der Waals surface area (Å²) in [6.45, 7) is 0. The summed E-state index contributed by atoms with van der Waals surface area (Å²) in [6.07, 6.45) is 6.93. The number of carbonyl (C=O) groups is 1. The van der Waals surface area contributed by atoms with E-state index in [4.69, 9.17) is 0 Å². The fourth-order valence-electron chi connectivity index (χ4n) is 2.79. The number of fused-ring (bicyclic) bond motifs is 1. The molecule has 2 N–H and O–H groups in total. The Kier molecular flexibility index (Phi) is 3.15. The molecule has 4 rings (SSSR count). The Morgan fingerprint density at radius 3 is 2.91 bits per heavy atom. The summed E-state index contributed by atoms with van der Waals surface area (Å²) in [4.78, 5) is 19.6. The van der Waals surface area contributed by atoms with Crippen LogP contribution in [-0.2, 0) is 4.79 Å². The van der Waals surface area contributed by atoms with Crippen molar-refractivity contribution in [2.24, 2.45) is 5.92 Å². The van der Waals surface area contributed by atoms with Gasteiger partial charge < -0.3 is 10.3 Å². The van der Waals surface area contributed by atoms with Crippen LogP contribution in [0.25, 0.3) is 22.2 Å². The Labute approximate surface area is 128 Å². The molecule has 0 bridgehead atoms. The van der Waals surface area contributed by atoms with Crippen LogP contribution >= 0.6 is 0 Å². The fraction of sp³-hybridized carbons (Fsp3) is 0.222. The highest BCUT2D eigenvalue weighted by molar-refractivity contribution is 5.93. The van der Waals surface area contributed by atoms with Crippen LogP contribution in [0.1, 0.15) is 19.3 Å². The van der Waals surface area contributed by atoms with Gasteiger partial charge in [-0.25, -0.2) is 4.98 Å². The summed E-state index contributed by atoms with van der Waals surface area (Å²) in [5.41, 5.74) is 3.84. The molecule has 1 amide bonds. The predicted octanol–water partition coefficient (Wildman–Crippen LogP) is 3.97. The quantitative estimate of drug-likeness (QED) is 0.767. The Morgan fingerprint density at radius 1 is 1.18 bits per heavy atom. The SMILES string of the molecule is O=C(Nc1cccc(-c2cnc3[nH]ccc3c2)c1)C1CCC1. The molecule has 1 fully saturated rings. The van der Waals surface area contributed by atoms with Gasteiger partial charge in [-0.1, -0.05) is 18.6 Å². The van der Waals surface area contributed by atoms with Gasteiger partial charge in [0.15, 0.2) is 0 Å². The number of H-pyrrole nitrogens is 1. The number of hydrogen-bond donors (Lipinski definition) is 2. The third kappa shape index (κ3) is 2.37. The lowest BCUT2D eigenvalue weighted by Crippen LogP contribution is -2.27. The van der Waals surface area contributed by atoms with Crippen molar-refractivity contribution in [1.82, 2.24) is 9.97 Å². The van der Waals surface area contributed by atoms with Gasteiger partial charge in [0.05, 0.1) is 0 Å². The number of rotatable bonds is 3. The second-order valence-corrected chi connectivity index (χ2v) is 5.84. The second kappa shape index (κ2) is 5.30. The highest BCUT2D eigenvalue weighted by Crippen LogP contribution is 2.29. The number of aromatic amines is 1. The van der Waals surface area contributed by atoms with Crippen LogP contribution in [0, 0.1) is 5.92 Å². The molecule has 0 atom stereocenters. The van der Waals surface area contributed by atoms with E-state index in [-0.39, 0.29) is 11.8 Å². The molecule has 110 valence electrons. The zero-order valence-corrected chi connectivity index (χ0v) is 12.2. The van der Waals surface area contributed by atoms with E-state index >= 15 is 0 Å². The van der Waals surface area contributed by atoms with Crippen molar-refractivity contribution < 1.29 is 4.79 Å². The average molecular weight is 291 g/mol. The first-order chi connectivity index (χ1) is 10.8. The monoisotopic (exact) mass is 291 g/mol. The maximum atomic E-state index is 12.1. The van der Waals surface area contributed by atoms with Crippen LogP contribution in [0.5, 0.6) is 0 Å². The third-order valence-electron chi connectivity index (χ3n) is 4.34. The van der Waals surface area contributed by atoms with Gasteiger partial charge in [0.25, 0.3) is 0 Å². The van der Waals surface area contributed by atoms with Crippen LogP contribution in [0.3, 0.4) is 0 Å². The highest BCUT2D eigenvalue weighted by Gasteiger charge is 2.25. The number of benzene rings is 1. The van der Waals surface area contributed by atoms with Crippen LogP contribution in [0.2, 0.25) is 0 Å². The van der Waals surface area contributed by atoms with Crippen LogP contribution in [0.4, 0.5) is 5.69 Å². The zero-order chi connectivity index (χ0) is 14.9. The van der Waals surface area contributed by atoms with E-state index in [1.807, 2.05) is 42.7 Å². The second-order valence-electron chi connectivity index (χ2n) is 5.84. The van der Waals surface area contributed by atoms with Crippen molar-refractivity contribution in [3.8, 4) is 11.1 Å². The molecule has 0 aliphatic heterocycles. The minimum Gasteiger partial charge on any atom is -0.346 e. The predicted molar refractivity (Wildman–Crippen MR) is 87.5 cm³/mol. The maximum absolute atomic E-state index is 12.1. The fourth-order valence-corrected chi connectivity index (χ4v) is 2.79. The van der Waals surface area contributed by atoms with Crippen molar-refractivity contribution in [3.63, 3.8) is 0 Å². The van der Waals surface area contributed by atoms with Gasteiger partial charge in [-0.05, 0) is 42.7 Å². The lowest BCUT2D eigenvalue weighted by molar-refractivity contribution is -0.122. The summed E-state index contributed by atoms with van der Waals surface area (Å²) in [7, 11) is 0. The van der Waals surface area contributed by atoms with Crippen LogP contribution < -0.4 is 5.32 Å². The first kappa shape index (κ1) is 13.1. The van der Waals surface area contributed by atoms with Gasteiger partial charge in [-0.15, -0.1) is 0 Å². The molecule has 2 heterocycles. The van der Waals surface area contributed by atoms with Crippen LogP contribution in [-0.4, -0.2) is 15.9 Å². The molecule has 4 nitrogen and oxygen atoms in total. The lowest BCUT2D eigenvalue weighted by Gasteiger charge is -2.24. The standard InChI is InChI=1S/C18H17N3O/c22-18(12-3-1-4-12)21-16-6-2-5-13(10-16)15-9-14-7-8-19-17(14)20-11-15/h2,5-12H,1,3-4H2,(H,19,20)(H,21,22). The number of nitrogens with zero attached hydrogens (tertiary/aromatic N) is 1. The Hall–Kier alpha value is -2.62. The molecule has 2 aromatic heterocycles. The van der Waals surface area contributed by atoms with E-state index in [0.717, 1.165) is 40.7 Å². The smallest absolute Gasteiger partial charge is 0.227 e. The topological polar surface area (TPSA) is 57.8 Å². The zero-order valence-electron chi connectivity index (χ0n) is 12.2. The van der Waals surface area contributed by atoms with E-state index in [9.17, 15) is 4.79 Å². The summed E-state index contributed by atoms with van der Waals surface area (Å²) >= 11 is 0. The van der Waals surface area contributed by atoms with Gasteiger partial charge in [0, 0.05) is 34.9 Å². The van der Waals surface area contributed by atoms with Crippen molar-refractivity contribution in [2.75, 3.05) is 5.32 Å². The minimum absolute atomic E-state index is 0.141. The van der Waals surface area contributed by atoms with Crippen molar-refractivity contribution >= 4 is 22.6 Å². The number of amides is 1. The van der Waals surface area contributed by atoms with Gasteiger partial charge in [-0.2, -0.15) is 0 Å². The maximum Gasteiger partial charge on any atom is 0.227 e. The van der Waals surface area contributed by atoms with Gasteiger partial charge in [0.2, 0.25) is 5.91 Å². The molecule has 22 heavy (non-hydrogen) atoms. The van der Waals surface area contributed by atoms with Crippen LogP contribution in [0.15, 0.2) is 48.8 Å². The van der Waals surface area contributed by atoms with E-state index in [1.165, 1.54) is 6.42 Å². The normalized spacial score (nSPS) is 14.7. The number of pyridine rings is 1. The van der Waals surface area contributed by atoms with Crippen molar-refractivity contribution in [1.29, 1.82) is 0 Å². The van der Waals surface area contributed by atoms with Crippen molar-refractivity contribution in [3.05, 3.63) is 48.8 Å². The largest absolute Gasteiger partial charge is 0.346 e. The molecule has 0 spiro atoms. The van der Waals surface area contributed by atoms with E-state index in [2.05, 4.69) is 21.4 Å². The average Bonchev–Trinajstić information content (AvgIpc) is 2.93. The molecule has 4 heteroatoms. The van der Waals surface area contributed by atoms with E-state index in [1.54, 1.807) is 0 Å². The van der Waals surface area contributed by atoms with E-state index < -0.39 is 0 Å². The Balaban J connectivity index is 1.61. The number of aromatic nitrogens is 2. The molecule has 0 unspecified atom stereocenters. The number of carbonyl (C=O) groups excluding carboxylic acids is 1. The molecule has 0 saturated heterocycles. The Morgan fingerprint density at radius 2 is 2.09 bits per heavy atom. The Bertz CT molecular complexity index is 833. The molecule has 0 radical (unpaired) electrons. The summed E-state index contributed by atoms with van der Waals surface area (Å²) < 4.78 is 0. The number of anilines is 1. The van der Waals surface area contributed by atoms with Gasteiger partial charge >= 0.3 is 0 Å². The molecule has 1 aliphatic carbocycles. The van der Waals surface area contributed by atoms with Gasteiger partial charge in [-0.3, -0.25) is 4.79 Å².